The van der Waals surface area contributed by atoms with Crippen LogP contribution in [0.5, 0.6) is 0 Å². The van der Waals surface area contributed by atoms with Crippen LogP contribution in [-0.2, 0) is 15.1 Å². The molecule has 1 atom stereocenters. The molecule has 1 aliphatic rings. The van der Waals surface area contributed by atoms with E-state index in [2.05, 4.69) is 11.6 Å². The number of benzene rings is 1. The maximum Gasteiger partial charge on any atom is 0.341 e. The lowest BCUT2D eigenvalue weighted by molar-refractivity contribution is -0.141. The molecule has 0 spiro atoms. The lowest BCUT2D eigenvalue weighted by Crippen LogP contribution is -2.36. The molecule has 2 N–H and O–H groups in total. The molecule has 24 heavy (non-hydrogen) atoms. The molecule has 8 heteroatoms. The quantitative estimate of drug-likeness (QED) is 0.796. The van der Waals surface area contributed by atoms with Crippen molar-refractivity contribution < 1.29 is 19.8 Å². The van der Waals surface area contributed by atoms with Crippen LogP contribution in [0.15, 0.2) is 46.1 Å². The third-order valence-corrected chi connectivity index (χ3v) is 4.94. The van der Waals surface area contributed by atoms with Gasteiger partial charge in [-0.2, -0.15) is 11.3 Å². The molecule has 2 aromatic rings. The zero-order valence-corrected chi connectivity index (χ0v) is 14.2. The molecule has 0 amide bonds. The predicted octanol–water partition coefficient (Wildman–Crippen LogP) is 2.46. The van der Waals surface area contributed by atoms with Crippen LogP contribution in [0.3, 0.4) is 0 Å². The fraction of sp³-hybridized carbons (Fsp3) is 0.0625. The van der Waals surface area contributed by atoms with Gasteiger partial charge in [0.25, 0.3) is 0 Å². The number of hydrogen-bond acceptors (Lipinski definition) is 4. The normalized spacial score (nSPS) is 18.8. The monoisotopic (exact) mass is 381 g/mol. The molecule has 0 bridgehead atoms. The average molecular weight is 382 g/mol. The Morgan fingerprint density at radius 1 is 1.25 bits per heavy atom. The summed E-state index contributed by atoms with van der Waals surface area (Å²) >= 11 is 13.5. The molecule has 0 fully saturated rings. The van der Waals surface area contributed by atoms with E-state index in [4.69, 9.17) is 23.2 Å². The second kappa shape index (κ2) is 5.73. The molecule has 1 aromatic heterocycles. The van der Waals surface area contributed by atoms with E-state index < -0.39 is 17.5 Å². The number of fused-ring (bicyclic) bond motifs is 1. The van der Waals surface area contributed by atoms with Gasteiger partial charge in [-0.3, -0.25) is 4.99 Å². The highest BCUT2D eigenvalue weighted by molar-refractivity contribution is 7.08. The third kappa shape index (κ3) is 2.26. The van der Waals surface area contributed by atoms with Crippen molar-refractivity contribution in [2.24, 2.45) is 4.99 Å². The summed E-state index contributed by atoms with van der Waals surface area (Å²) in [7, 11) is 0. The van der Waals surface area contributed by atoms with Crippen molar-refractivity contribution >= 4 is 52.1 Å². The molecule has 2 heterocycles. The molecule has 0 aliphatic carbocycles. The van der Waals surface area contributed by atoms with Gasteiger partial charge < -0.3 is 10.2 Å². The van der Waals surface area contributed by atoms with Gasteiger partial charge in [0.05, 0.1) is 16.0 Å². The third-order valence-electron chi connectivity index (χ3n) is 3.74. The summed E-state index contributed by atoms with van der Waals surface area (Å²) in [5.41, 5.74) is -2.03. The Morgan fingerprint density at radius 3 is 2.50 bits per heavy atom. The maximum absolute atomic E-state index is 12.2. The number of halogens is 2. The highest BCUT2D eigenvalue weighted by Crippen LogP contribution is 2.41. The van der Waals surface area contributed by atoms with E-state index in [-0.39, 0.29) is 31.8 Å². The minimum Gasteiger partial charge on any atom is -0.479 e. The number of carboxylic acid groups (broad SMARTS) is 2. The number of aliphatic carboxylic acids is 2. The van der Waals surface area contributed by atoms with Gasteiger partial charge in [0.2, 0.25) is 5.54 Å². The average Bonchev–Trinajstić information content (AvgIpc) is 3.11. The smallest absolute Gasteiger partial charge is 0.341 e. The first kappa shape index (κ1) is 16.7. The van der Waals surface area contributed by atoms with Crippen molar-refractivity contribution in [2.75, 3.05) is 0 Å². The van der Waals surface area contributed by atoms with Gasteiger partial charge >= 0.3 is 11.9 Å². The van der Waals surface area contributed by atoms with Gasteiger partial charge in [-0.05, 0) is 29.0 Å². The number of hydrogen-bond donors (Lipinski definition) is 2. The fourth-order valence-corrected chi connectivity index (χ4v) is 4.02. The van der Waals surface area contributed by atoms with Gasteiger partial charge in [-0.15, -0.1) is 0 Å². The molecule has 122 valence electrons. The van der Waals surface area contributed by atoms with Crippen LogP contribution in [0, 0.1) is 0 Å². The summed E-state index contributed by atoms with van der Waals surface area (Å²) in [5.74, 6) is -2.67. The molecular formula is C16H9Cl2NO4S. The van der Waals surface area contributed by atoms with E-state index in [1.54, 1.807) is 16.8 Å². The molecule has 5 nitrogen and oxygen atoms in total. The highest BCUT2D eigenvalue weighted by atomic mass is 35.5. The van der Waals surface area contributed by atoms with Crippen LogP contribution in [0.25, 0.3) is 5.57 Å². The number of rotatable bonds is 4. The molecule has 3 rings (SSSR count). The summed E-state index contributed by atoms with van der Waals surface area (Å²) in [5, 5.41) is 23.5. The Kier molecular flexibility index (Phi) is 3.99. The van der Waals surface area contributed by atoms with Gasteiger partial charge in [0.1, 0.15) is 0 Å². The van der Waals surface area contributed by atoms with Crippen molar-refractivity contribution in [2.45, 2.75) is 5.54 Å². The summed E-state index contributed by atoms with van der Waals surface area (Å²) in [6, 6.07) is 4.45. The second-order valence-electron chi connectivity index (χ2n) is 5.08. The Balaban J connectivity index is 2.55. The van der Waals surface area contributed by atoms with E-state index in [0.717, 1.165) is 0 Å². The van der Waals surface area contributed by atoms with Gasteiger partial charge in [-0.1, -0.05) is 29.8 Å². The lowest BCUT2D eigenvalue weighted by atomic mass is 9.81. The molecule has 1 aliphatic heterocycles. The van der Waals surface area contributed by atoms with E-state index in [1.807, 2.05) is 0 Å². The summed E-state index contributed by atoms with van der Waals surface area (Å²) in [4.78, 5) is 28.0. The van der Waals surface area contributed by atoms with E-state index in [9.17, 15) is 19.8 Å². The first-order valence-electron chi connectivity index (χ1n) is 6.57. The standard InChI is InChI=1S/C16H9Cl2NO4S/c1-7(14(20)21)13-12-10(18)4-9(17)5-11(12)19-16(13,15(22)23)8-2-3-24-6-8/h2-6H,1H2,(H,20,21)(H,22,23). The number of carbonyl (C=O) groups is 2. The van der Waals surface area contributed by atoms with Crippen LogP contribution in [0.1, 0.15) is 5.56 Å². The molecule has 1 unspecified atom stereocenters. The lowest BCUT2D eigenvalue weighted by Gasteiger charge is -2.25. The first-order valence-corrected chi connectivity index (χ1v) is 8.27. The molecule has 1 aromatic carbocycles. The van der Waals surface area contributed by atoms with E-state index in [1.165, 1.54) is 23.5 Å². The maximum atomic E-state index is 12.2. The largest absolute Gasteiger partial charge is 0.479 e. The van der Waals surface area contributed by atoms with E-state index in [0.29, 0.717) is 5.56 Å². The number of carboxylic acids is 2. The van der Waals surface area contributed by atoms with Crippen LogP contribution in [-0.4, -0.2) is 22.2 Å². The Labute approximate surface area is 149 Å². The predicted molar refractivity (Wildman–Crippen MR) is 91.1 cm³/mol. The number of thiophene rings is 1. The molecular weight excluding hydrogens is 373 g/mol. The van der Waals surface area contributed by atoms with Crippen LogP contribution < -0.4 is 10.6 Å². The Hall–Kier alpha value is -2.15. The summed E-state index contributed by atoms with van der Waals surface area (Å²) < 4.78 is 0. The minimum atomic E-state index is -1.92. The first-order chi connectivity index (χ1) is 11.3. The van der Waals surface area contributed by atoms with Crippen molar-refractivity contribution in [3.05, 3.63) is 67.3 Å². The zero-order valence-electron chi connectivity index (χ0n) is 11.9. The van der Waals surface area contributed by atoms with Gasteiger partial charge in [0.15, 0.2) is 0 Å². The Morgan fingerprint density at radius 2 is 1.96 bits per heavy atom. The Bertz CT molecular complexity index is 1010. The van der Waals surface area contributed by atoms with Crippen molar-refractivity contribution in [1.82, 2.24) is 0 Å². The van der Waals surface area contributed by atoms with Gasteiger partial charge in [0, 0.05) is 21.4 Å². The van der Waals surface area contributed by atoms with Crippen LogP contribution in [0.4, 0.5) is 0 Å². The van der Waals surface area contributed by atoms with E-state index >= 15 is 0 Å². The van der Waals surface area contributed by atoms with Gasteiger partial charge in [-0.25, -0.2) is 9.59 Å². The number of nitrogens with zero attached hydrogens (tertiary/aromatic N) is 1. The molecule has 0 radical (unpaired) electrons. The summed E-state index contributed by atoms with van der Waals surface area (Å²) in [6.07, 6.45) is 0. The van der Waals surface area contributed by atoms with Crippen molar-refractivity contribution in [1.29, 1.82) is 0 Å². The molecule has 0 saturated carbocycles. The second-order valence-corrected chi connectivity index (χ2v) is 6.70. The topological polar surface area (TPSA) is 87.0 Å². The summed E-state index contributed by atoms with van der Waals surface area (Å²) in [6.45, 7) is 3.54. The van der Waals surface area contributed by atoms with Crippen LogP contribution >= 0.6 is 34.5 Å². The van der Waals surface area contributed by atoms with Crippen molar-refractivity contribution in [3.63, 3.8) is 0 Å². The highest BCUT2D eigenvalue weighted by Gasteiger charge is 2.49. The zero-order chi connectivity index (χ0) is 17.6. The van der Waals surface area contributed by atoms with Crippen LogP contribution in [0.2, 0.25) is 10.0 Å². The molecule has 0 saturated heterocycles. The minimum absolute atomic E-state index is 0.0578. The van der Waals surface area contributed by atoms with Crippen molar-refractivity contribution in [3.8, 4) is 0 Å². The SMILES string of the molecule is C=C(C(=O)O)C1=c2c(Cl)cc(Cl)cc2=NC1(C(=O)O)c1ccsc1. The fourth-order valence-electron chi connectivity index (χ4n) is 2.75.